The molecule has 3 aromatic rings. The number of amides is 3. The van der Waals surface area contributed by atoms with Gasteiger partial charge in [0.25, 0.3) is 0 Å². The molecule has 2 heterocycles. The Hall–Kier alpha value is -3.74. The molecule has 3 atom stereocenters. The zero-order chi connectivity index (χ0) is 29.6. The summed E-state index contributed by atoms with van der Waals surface area (Å²) in [5.74, 6) is -1.38. The van der Waals surface area contributed by atoms with Gasteiger partial charge in [0.2, 0.25) is 23.2 Å². The molecule has 218 valence electrons. The first kappa shape index (κ1) is 30.2. The Balaban J connectivity index is 1.47. The fourth-order valence-corrected chi connectivity index (χ4v) is 4.85. The molecule has 4 rings (SSSR count). The fourth-order valence-electron chi connectivity index (χ4n) is 4.64. The van der Waals surface area contributed by atoms with Gasteiger partial charge in [0.15, 0.2) is 6.20 Å². The van der Waals surface area contributed by atoms with Crippen molar-refractivity contribution in [2.45, 2.75) is 50.0 Å². The fraction of sp³-hybridized carbons (Fsp3) is 0.357. The number of hydrogen-bond acceptors (Lipinski definition) is 5. The standard InChI is InChI=1S/C28H30ClF3N6O3/c29-37-23(9-10-25(39)38-12-11-20(33)16-38)26(40)36-24(13-17-5-7-19(8-6-17)28(30,31)32)27(41)35-21-14-18-3-1-2-4-22(18)34-15-21/h1-8,14-15,20,23-24,37H,9-13,16,33H2,(H,35,41)(H,36,40)/p+1. The maximum atomic E-state index is 13.4. The summed E-state index contributed by atoms with van der Waals surface area (Å²) >= 11 is 5.83. The number of aromatic amines is 1. The van der Waals surface area contributed by atoms with Gasteiger partial charge in [0.1, 0.15) is 17.8 Å². The molecule has 13 heteroatoms. The normalized spacial score (nSPS) is 16.8. The number of nitrogens with one attached hydrogen (secondary N) is 4. The number of hydrogen-bond donors (Lipinski definition) is 4. The number of nitrogens with zero attached hydrogens (tertiary/aromatic N) is 1. The van der Waals surface area contributed by atoms with Crippen molar-refractivity contribution >= 4 is 46.1 Å². The molecule has 1 fully saturated rings. The van der Waals surface area contributed by atoms with E-state index in [0.717, 1.165) is 23.0 Å². The van der Waals surface area contributed by atoms with Crippen molar-refractivity contribution in [2.24, 2.45) is 5.73 Å². The number of benzene rings is 2. The van der Waals surface area contributed by atoms with Gasteiger partial charge in [-0.2, -0.15) is 13.2 Å². The second kappa shape index (κ2) is 13.3. The number of halogens is 4. The third-order valence-electron chi connectivity index (χ3n) is 6.95. The highest BCUT2D eigenvalue weighted by atomic mass is 35.5. The first-order chi connectivity index (χ1) is 19.5. The Morgan fingerprint density at radius 1 is 1.07 bits per heavy atom. The van der Waals surface area contributed by atoms with E-state index in [1.54, 1.807) is 17.2 Å². The molecule has 1 aliphatic rings. The first-order valence-corrected chi connectivity index (χ1v) is 13.5. The van der Waals surface area contributed by atoms with Crippen LogP contribution in [0.1, 0.15) is 30.4 Å². The number of para-hydroxylation sites is 1. The van der Waals surface area contributed by atoms with E-state index < -0.39 is 35.6 Å². The van der Waals surface area contributed by atoms with E-state index in [1.165, 1.54) is 12.1 Å². The average molecular weight is 592 g/mol. The van der Waals surface area contributed by atoms with Crippen LogP contribution in [0.2, 0.25) is 0 Å². The highest BCUT2D eigenvalue weighted by Crippen LogP contribution is 2.29. The molecule has 1 aliphatic heterocycles. The zero-order valence-electron chi connectivity index (χ0n) is 22.0. The number of likely N-dealkylation sites (tertiary alicyclic amines) is 1. The van der Waals surface area contributed by atoms with Gasteiger partial charge in [-0.25, -0.2) is 9.82 Å². The van der Waals surface area contributed by atoms with Crippen LogP contribution in [0.4, 0.5) is 18.9 Å². The van der Waals surface area contributed by atoms with E-state index in [-0.39, 0.29) is 31.2 Å². The maximum absolute atomic E-state index is 13.4. The molecule has 3 unspecified atom stereocenters. The minimum Gasteiger partial charge on any atom is -0.343 e. The van der Waals surface area contributed by atoms with Crippen LogP contribution >= 0.6 is 11.8 Å². The molecule has 1 saturated heterocycles. The maximum Gasteiger partial charge on any atom is 0.416 e. The van der Waals surface area contributed by atoms with Crippen molar-refractivity contribution in [3.63, 3.8) is 0 Å². The number of pyridine rings is 1. The number of fused-ring (bicyclic) bond motifs is 1. The minimum atomic E-state index is -4.51. The van der Waals surface area contributed by atoms with Crippen LogP contribution < -0.4 is 26.2 Å². The summed E-state index contributed by atoms with van der Waals surface area (Å²) in [4.78, 5) is 46.1. The minimum absolute atomic E-state index is 0.0349. The second-order valence-electron chi connectivity index (χ2n) is 10.0. The third-order valence-corrected chi connectivity index (χ3v) is 7.21. The monoisotopic (exact) mass is 591 g/mol. The van der Waals surface area contributed by atoms with E-state index >= 15 is 0 Å². The van der Waals surface area contributed by atoms with Gasteiger partial charge in [0, 0.05) is 43.4 Å². The van der Waals surface area contributed by atoms with Gasteiger partial charge in [-0.1, -0.05) is 24.3 Å². The topological polar surface area (TPSA) is 131 Å². The van der Waals surface area contributed by atoms with E-state index in [2.05, 4.69) is 20.5 Å². The molecule has 0 bridgehead atoms. The number of H-pyrrole nitrogens is 1. The number of nitrogens with two attached hydrogens (primary N) is 1. The van der Waals surface area contributed by atoms with Crippen LogP contribution in [0.15, 0.2) is 60.8 Å². The third kappa shape index (κ3) is 8.15. The molecule has 2 aromatic carbocycles. The summed E-state index contributed by atoms with van der Waals surface area (Å²) in [6, 6.07) is 11.3. The lowest BCUT2D eigenvalue weighted by Gasteiger charge is -2.22. The van der Waals surface area contributed by atoms with Crippen molar-refractivity contribution in [1.29, 1.82) is 0 Å². The van der Waals surface area contributed by atoms with Crippen LogP contribution in [0.25, 0.3) is 10.9 Å². The zero-order valence-corrected chi connectivity index (χ0v) is 22.8. The highest BCUT2D eigenvalue weighted by Gasteiger charge is 2.31. The van der Waals surface area contributed by atoms with Gasteiger partial charge in [0.05, 0.1) is 5.56 Å². The lowest BCUT2D eigenvalue weighted by molar-refractivity contribution is -0.343. The summed E-state index contributed by atoms with van der Waals surface area (Å²) in [6.07, 6.45) is -2.20. The molecule has 1 aromatic heterocycles. The summed E-state index contributed by atoms with van der Waals surface area (Å²) in [6.45, 7) is 0.998. The first-order valence-electron chi connectivity index (χ1n) is 13.1. The second-order valence-corrected chi connectivity index (χ2v) is 10.2. The molecule has 0 radical (unpaired) electrons. The van der Waals surface area contributed by atoms with Crippen molar-refractivity contribution in [3.05, 3.63) is 71.9 Å². The molecule has 9 nitrogen and oxygen atoms in total. The Labute approximate surface area is 239 Å². The predicted molar refractivity (Wildman–Crippen MR) is 147 cm³/mol. The van der Waals surface area contributed by atoms with Crippen molar-refractivity contribution in [2.75, 3.05) is 18.4 Å². The quantitative estimate of drug-likeness (QED) is 0.269. The Kier molecular flexibility index (Phi) is 9.79. The van der Waals surface area contributed by atoms with Crippen LogP contribution in [0.5, 0.6) is 0 Å². The molecule has 0 aliphatic carbocycles. The van der Waals surface area contributed by atoms with Crippen molar-refractivity contribution < 1.29 is 32.5 Å². The molecular formula is C28H31ClF3N6O3+. The van der Waals surface area contributed by atoms with E-state index in [1.807, 2.05) is 24.3 Å². The van der Waals surface area contributed by atoms with Crippen LogP contribution in [0.3, 0.4) is 0 Å². The summed E-state index contributed by atoms with van der Waals surface area (Å²) in [5, 5.41) is 6.23. The van der Waals surface area contributed by atoms with Gasteiger partial charge in [-0.15, -0.1) is 0 Å². The summed E-state index contributed by atoms with van der Waals surface area (Å²) < 4.78 is 39.1. The number of rotatable bonds is 10. The van der Waals surface area contributed by atoms with E-state index in [4.69, 9.17) is 17.5 Å². The van der Waals surface area contributed by atoms with Gasteiger partial charge in [-0.05, 0) is 54.4 Å². The van der Waals surface area contributed by atoms with Crippen LogP contribution in [-0.4, -0.2) is 53.8 Å². The number of carbonyl (C=O) groups excluding carboxylic acids is 3. The number of carbonyl (C=O) groups is 3. The summed E-state index contributed by atoms with van der Waals surface area (Å²) in [7, 11) is 0. The van der Waals surface area contributed by atoms with E-state index in [0.29, 0.717) is 30.8 Å². The lowest BCUT2D eigenvalue weighted by atomic mass is 10.0. The Bertz CT molecular complexity index is 1390. The van der Waals surface area contributed by atoms with Crippen LogP contribution in [-0.2, 0) is 27.0 Å². The van der Waals surface area contributed by atoms with Crippen molar-refractivity contribution in [1.82, 2.24) is 15.1 Å². The number of anilines is 1. The van der Waals surface area contributed by atoms with Gasteiger partial charge in [-0.3, -0.25) is 14.4 Å². The Morgan fingerprint density at radius 3 is 2.46 bits per heavy atom. The van der Waals surface area contributed by atoms with Gasteiger partial charge < -0.3 is 21.3 Å². The molecule has 6 N–H and O–H groups in total. The van der Waals surface area contributed by atoms with E-state index in [9.17, 15) is 27.6 Å². The van der Waals surface area contributed by atoms with Crippen molar-refractivity contribution in [3.8, 4) is 0 Å². The Morgan fingerprint density at radius 2 is 1.80 bits per heavy atom. The molecule has 3 amide bonds. The molecule has 0 spiro atoms. The predicted octanol–water partition coefficient (Wildman–Crippen LogP) is 2.79. The largest absolute Gasteiger partial charge is 0.416 e. The smallest absolute Gasteiger partial charge is 0.343 e. The number of aromatic nitrogens is 1. The highest BCUT2D eigenvalue weighted by molar-refractivity contribution is 6.15. The SMILES string of the molecule is NC1CCN(C(=O)CCC(NCl)C(=O)NC(Cc2ccc(C(F)(F)F)cc2)C(=O)Nc2c[nH+]c3ccccc3c2)C1. The average Bonchev–Trinajstić information content (AvgIpc) is 3.39. The van der Waals surface area contributed by atoms with Crippen LogP contribution in [0, 0.1) is 0 Å². The lowest BCUT2D eigenvalue weighted by Crippen LogP contribution is -2.51. The number of alkyl halides is 3. The molecular weight excluding hydrogens is 561 g/mol. The molecule has 41 heavy (non-hydrogen) atoms. The van der Waals surface area contributed by atoms with Gasteiger partial charge >= 0.3 is 6.18 Å². The molecule has 0 saturated carbocycles. The summed E-state index contributed by atoms with van der Waals surface area (Å²) in [5.41, 5.74) is 6.72.